The summed E-state index contributed by atoms with van der Waals surface area (Å²) in [5.74, 6) is -2.47. The molecule has 2 aromatic rings. The second-order valence-corrected chi connectivity index (χ2v) is 4.20. The summed E-state index contributed by atoms with van der Waals surface area (Å²) in [5.41, 5.74) is 6.48. The molecule has 0 aliphatic heterocycles. The van der Waals surface area contributed by atoms with E-state index in [9.17, 15) is 18.3 Å². The predicted molar refractivity (Wildman–Crippen MR) is 64.6 cm³/mol. The maximum absolute atomic E-state index is 13.1. The Hall–Kier alpha value is -1.85. The Bertz CT molecular complexity index is 571. The molecule has 0 saturated carbocycles. The topological polar surface area (TPSA) is 46.2 Å². The highest BCUT2D eigenvalue weighted by Crippen LogP contribution is 2.27. The highest BCUT2D eigenvalue weighted by atomic mass is 19.2. The van der Waals surface area contributed by atoms with Gasteiger partial charge in [-0.05, 0) is 35.4 Å². The van der Waals surface area contributed by atoms with Crippen molar-refractivity contribution < 1.29 is 18.3 Å². The Balaban J connectivity index is 2.25. The maximum Gasteiger partial charge on any atom is 0.159 e. The SMILES string of the molecule is NC(c1ccc(F)cc1)C(O)c1ccc(F)c(F)c1. The summed E-state index contributed by atoms with van der Waals surface area (Å²) in [7, 11) is 0. The summed E-state index contributed by atoms with van der Waals surface area (Å²) < 4.78 is 38.7. The van der Waals surface area contributed by atoms with Crippen molar-refractivity contribution in [2.75, 3.05) is 0 Å². The quantitative estimate of drug-likeness (QED) is 0.898. The van der Waals surface area contributed by atoms with Gasteiger partial charge in [-0.3, -0.25) is 0 Å². The number of rotatable bonds is 3. The zero-order valence-electron chi connectivity index (χ0n) is 9.85. The number of halogens is 3. The molecule has 2 aromatic carbocycles. The normalized spacial score (nSPS) is 14.2. The fourth-order valence-electron chi connectivity index (χ4n) is 1.77. The summed E-state index contributed by atoms with van der Waals surface area (Å²) in [5, 5.41) is 10.0. The van der Waals surface area contributed by atoms with Crippen molar-refractivity contribution in [3.05, 3.63) is 71.0 Å². The van der Waals surface area contributed by atoms with Gasteiger partial charge in [0.1, 0.15) is 5.82 Å². The van der Waals surface area contributed by atoms with Crippen LogP contribution >= 0.6 is 0 Å². The van der Waals surface area contributed by atoms with Crippen molar-refractivity contribution in [1.82, 2.24) is 0 Å². The van der Waals surface area contributed by atoms with Crippen molar-refractivity contribution in [3.63, 3.8) is 0 Å². The van der Waals surface area contributed by atoms with Gasteiger partial charge < -0.3 is 10.8 Å². The molecule has 0 amide bonds. The Morgan fingerprint density at radius 1 is 0.842 bits per heavy atom. The van der Waals surface area contributed by atoms with Gasteiger partial charge in [-0.2, -0.15) is 0 Å². The fourth-order valence-corrected chi connectivity index (χ4v) is 1.77. The summed E-state index contributed by atoms with van der Waals surface area (Å²) in [6.07, 6.45) is -1.21. The minimum absolute atomic E-state index is 0.163. The van der Waals surface area contributed by atoms with Gasteiger partial charge in [0.25, 0.3) is 0 Å². The van der Waals surface area contributed by atoms with E-state index < -0.39 is 29.6 Å². The van der Waals surface area contributed by atoms with Crippen LogP contribution in [0.1, 0.15) is 23.3 Å². The third-order valence-electron chi connectivity index (χ3n) is 2.88. The lowest BCUT2D eigenvalue weighted by Crippen LogP contribution is -2.19. The molecule has 2 rings (SSSR count). The average Bonchev–Trinajstić information content (AvgIpc) is 2.41. The lowest BCUT2D eigenvalue weighted by atomic mass is 9.96. The van der Waals surface area contributed by atoms with Gasteiger partial charge in [0.15, 0.2) is 11.6 Å². The maximum atomic E-state index is 13.1. The summed E-state index contributed by atoms with van der Waals surface area (Å²) in [4.78, 5) is 0. The Morgan fingerprint density at radius 3 is 2.00 bits per heavy atom. The second-order valence-electron chi connectivity index (χ2n) is 4.20. The van der Waals surface area contributed by atoms with Crippen molar-refractivity contribution in [2.45, 2.75) is 12.1 Å². The molecule has 0 fully saturated rings. The number of aliphatic hydroxyl groups excluding tert-OH is 1. The number of aliphatic hydroxyl groups is 1. The molecule has 19 heavy (non-hydrogen) atoms. The van der Waals surface area contributed by atoms with E-state index in [-0.39, 0.29) is 5.56 Å². The van der Waals surface area contributed by atoms with Gasteiger partial charge in [-0.25, -0.2) is 13.2 Å². The highest BCUT2D eigenvalue weighted by Gasteiger charge is 2.20. The smallest absolute Gasteiger partial charge is 0.159 e. The lowest BCUT2D eigenvalue weighted by Gasteiger charge is -2.19. The molecule has 5 heteroatoms. The van der Waals surface area contributed by atoms with Crippen LogP contribution in [0.4, 0.5) is 13.2 Å². The molecule has 3 N–H and O–H groups in total. The van der Waals surface area contributed by atoms with E-state index in [1.165, 1.54) is 30.3 Å². The van der Waals surface area contributed by atoms with Crippen molar-refractivity contribution in [1.29, 1.82) is 0 Å². The van der Waals surface area contributed by atoms with Crippen LogP contribution in [0.25, 0.3) is 0 Å². The van der Waals surface area contributed by atoms with Gasteiger partial charge in [0.2, 0.25) is 0 Å². The standard InChI is InChI=1S/C14H12F3NO/c15-10-4-1-8(2-5-10)13(18)14(19)9-3-6-11(16)12(17)7-9/h1-7,13-14,19H,18H2. The van der Waals surface area contributed by atoms with E-state index in [4.69, 9.17) is 5.73 Å². The van der Waals surface area contributed by atoms with E-state index in [0.29, 0.717) is 5.56 Å². The second kappa shape index (κ2) is 5.42. The Kier molecular flexibility index (Phi) is 3.87. The lowest BCUT2D eigenvalue weighted by molar-refractivity contribution is 0.146. The van der Waals surface area contributed by atoms with E-state index in [2.05, 4.69) is 0 Å². The first-order valence-electron chi connectivity index (χ1n) is 5.63. The van der Waals surface area contributed by atoms with E-state index >= 15 is 0 Å². The van der Waals surface area contributed by atoms with Crippen LogP contribution in [0.15, 0.2) is 42.5 Å². The van der Waals surface area contributed by atoms with Gasteiger partial charge in [-0.15, -0.1) is 0 Å². The van der Waals surface area contributed by atoms with E-state index in [0.717, 1.165) is 12.1 Å². The number of hydrogen-bond donors (Lipinski definition) is 2. The van der Waals surface area contributed by atoms with Crippen LogP contribution in [-0.4, -0.2) is 5.11 Å². The molecular weight excluding hydrogens is 255 g/mol. The summed E-state index contributed by atoms with van der Waals surface area (Å²) in [6, 6.07) is 7.51. The number of benzene rings is 2. The molecule has 100 valence electrons. The highest BCUT2D eigenvalue weighted by molar-refractivity contribution is 5.27. The molecular formula is C14H12F3NO. The number of hydrogen-bond acceptors (Lipinski definition) is 2. The molecule has 2 atom stereocenters. The van der Waals surface area contributed by atoms with E-state index in [1.54, 1.807) is 0 Å². The van der Waals surface area contributed by atoms with Crippen LogP contribution in [0, 0.1) is 17.5 Å². The Morgan fingerprint density at radius 2 is 1.42 bits per heavy atom. The van der Waals surface area contributed by atoms with Crippen molar-refractivity contribution in [2.24, 2.45) is 5.73 Å². The number of nitrogens with two attached hydrogens (primary N) is 1. The summed E-state index contributed by atoms with van der Waals surface area (Å²) in [6.45, 7) is 0. The minimum Gasteiger partial charge on any atom is -0.386 e. The molecule has 0 aliphatic carbocycles. The molecule has 0 radical (unpaired) electrons. The molecule has 0 bridgehead atoms. The van der Waals surface area contributed by atoms with Gasteiger partial charge in [0.05, 0.1) is 12.1 Å². The predicted octanol–water partition coefficient (Wildman–Crippen LogP) is 2.84. The van der Waals surface area contributed by atoms with Gasteiger partial charge in [-0.1, -0.05) is 18.2 Å². The van der Waals surface area contributed by atoms with Crippen LogP contribution in [0.5, 0.6) is 0 Å². The molecule has 2 nitrogen and oxygen atoms in total. The molecule has 0 heterocycles. The van der Waals surface area contributed by atoms with Crippen LogP contribution < -0.4 is 5.73 Å². The fraction of sp³-hybridized carbons (Fsp3) is 0.143. The third-order valence-corrected chi connectivity index (χ3v) is 2.88. The van der Waals surface area contributed by atoms with Crippen LogP contribution in [0.3, 0.4) is 0 Å². The first kappa shape index (κ1) is 13.6. The molecule has 0 aliphatic rings. The first-order valence-corrected chi connectivity index (χ1v) is 5.63. The first-order chi connectivity index (χ1) is 8.99. The molecule has 0 aromatic heterocycles. The zero-order chi connectivity index (χ0) is 14.0. The average molecular weight is 267 g/mol. The van der Waals surface area contributed by atoms with E-state index in [1.807, 2.05) is 0 Å². The molecule has 0 spiro atoms. The molecule has 0 saturated heterocycles. The molecule has 2 unspecified atom stereocenters. The van der Waals surface area contributed by atoms with Crippen LogP contribution in [-0.2, 0) is 0 Å². The minimum atomic E-state index is -1.21. The van der Waals surface area contributed by atoms with Crippen LogP contribution in [0.2, 0.25) is 0 Å². The van der Waals surface area contributed by atoms with Gasteiger partial charge in [0, 0.05) is 0 Å². The van der Waals surface area contributed by atoms with Crippen molar-refractivity contribution in [3.8, 4) is 0 Å². The zero-order valence-corrected chi connectivity index (χ0v) is 9.85. The monoisotopic (exact) mass is 267 g/mol. The van der Waals surface area contributed by atoms with Crippen molar-refractivity contribution >= 4 is 0 Å². The Labute approximate surface area is 108 Å². The van der Waals surface area contributed by atoms with Gasteiger partial charge >= 0.3 is 0 Å². The third kappa shape index (κ3) is 2.94. The largest absolute Gasteiger partial charge is 0.386 e. The summed E-state index contributed by atoms with van der Waals surface area (Å²) >= 11 is 0.